The van der Waals surface area contributed by atoms with Gasteiger partial charge in [0.25, 0.3) is 0 Å². The summed E-state index contributed by atoms with van der Waals surface area (Å²) in [5.41, 5.74) is 2.77. The van der Waals surface area contributed by atoms with Gasteiger partial charge in [0, 0.05) is 34.1 Å². The molecular weight excluding hydrogens is 501 g/mol. The normalized spacial score (nSPS) is 14.2. The van der Waals surface area contributed by atoms with Gasteiger partial charge in [0.15, 0.2) is 11.6 Å². The number of aryl methyl sites for hydroxylation is 1. The van der Waals surface area contributed by atoms with Crippen molar-refractivity contribution in [3.63, 3.8) is 0 Å². The van der Waals surface area contributed by atoms with Crippen molar-refractivity contribution in [2.24, 2.45) is 0 Å². The van der Waals surface area contributed by atoms with Crippen LogP contribution in [0.3, 0.4) is 0 Å². The maximum absolute atomic E-state index is 14.4. The van der Waals surface area contributed by atoms with Gasteiger partial charge in [-0.3, -0.25) is 0 Å². The van der Waals surface area contributed by atoms with Gasteiger partial charge in [-0.2, -0.15) is 0 Å². The number of rotatable bonds is 5. The van der Waals surface area contributed by atoms with Gasteiger partial charge in [-0.15, -0.1) is 0 Å². The van der Waals surface area contributed by atoms with Crippen LogP contribution in [0.1, 0.15) is 43.4 Å². The van der Waals surface area contributed by atoms with E-state index in [1.165, 1.54) is 0 Å². The van der Waals surface area contributed by atoms with Crippen LogP contribution in [0, 0.1) is 24.4 Å². The lowest BCUT2D eigenvalue weighted by molar-refractivity contribution is 0.157. The van der Waals surface area contributed by atoms with Gasteiger partial charge in [-0.25, -0.2) is 18.0 Å². The van der Waals surface area contributed by atoms with E-state index < -0.39 is 29.2 Å². The van der Waals surface area contributed by atoms with E-state index in [1.807, 2.05) is 37.3 Å². The number of halogens is 4. The SMILES string of the molecule is Cc1ccc2oc(CN(C(=O)Nc3c(F)cc(F)cc3F)C3CCCCC3)c(-c3ccc(Cl)cc3)c2c1. The molecule has 4 nitrogen and oxygen atoms in total. The zero-order chi connectivity index (χ0) is 26.1. The largest absolute Gasteiger partial charge is 0.459 e. The molecule has 1 aliphatic rings. The number of nitrogens with one attached hydrogen (secondary N) is 1. The van der Waals surface area contributed by atoms with Gasteiger partial charge in [-0.05, 0) is 49.6 Å². The van der Waals surface area contributed by atoms with Crippen molar-refractivity contribution in [2.75, 3.05) is 5.32 Å². The van der Waals surface area contributed by atoms with Crippen molar-refractivity contribution in [2.45, 2.75) is 51.6 Å². The van der Waals surface area contributed by atoms with Gasteiger partial charge >= 0.3 is 6.03 Å². The number of carbonyl (C=O) groups is 1. The molecule has 0 aliphatic heterocycles. The van der Waals surface area contributed by atoms with Crippen LogP contribution in [0.15, 0.2) is 59.0 Å². The lowest BCUT2D eigenvalue weighted by atomic mass is 9.94. The highest BCUT2D eigenvalue weighted by Gasteiger charge is 2.30. The third kappa shape index (κ3) is 5.32. The number of amides is 2. The monoisotopic (exact) mass is 526 g/mol. The molecule has 2 amide bonds. The molecule has 1 fully saturated rings. The molecule has 0 atom stereocenters. The molecular formula is C29H26ClF3N2O2. The number of benzene rings is 3. The summed E-state index contributed by atoms with van der Waals surface area (Å²) >= 11 is 6.13. The summed E-state index contributed by atoms with van der Waals surface area (Å²) in [6, 6.07) is 13.5. The minimum absolute atomic E-state index is 0.0899. The molecule has 5 rings (SSSR count). The topological polar surface area (TPSA) is 45.5 Å². The summed E-state index contributed by atoms with van der Waals surface area (Å²) in [6.45, 7) is 2.08. The molecule has 4 aromatic rings. The number of urea groups is 1. The summed E-state index contributed by atoms with van der Waals surface area (Å²) < 4.78 is 48.4. The van der Waals surface area contributed by atoms with Crippen molar-refractivity contribution < 1.29 is 22.4 Å². The van der Waals surface area contributed by atoms with Crippen LogP contribution in [-0.2, 0) is 6.54 Å². The second-order valence-electron chi connectivity index (χ2n) is 9.50. The van der Waals surface area contributed by atoms with Crippen molar-refractivity contribution in [3.8, 4) is 11.1 Å². The Morgan fingerprint density at radius 2 is 1.68 bits per heavy atom. The van der Waals surface area contributed by atoms with Crippen molar-refractivity contribution in [3.05, 3.63) is 88.4 Å². The Bertz CT molecular complexity index is 1420. The average Bonchev–Trinajstić information content (AvgIpc) is 3.22. The van der Waals surface area contributed by atoms with Gasteiger partial charge in [-0.1, -0.05) is 54.6 Å². The molecule has 0 saturated heterocycles. The summed E-state index contributed by atoms with van der Waals surface area (Å²) in [6.07, 6.45) is 4.47. The highest BCUT2D eigenvalue weighted by molar-refractivity contribution is 6.30. The molecule has 1 aliphatic carbocycles. The fourth-order valence-electron chi connectivity index (χ4n) is 5.06. The number of nitrogens with zero attached hydrogens (tertiary/aromatic N) is 1. The molecule has 1 aromatic heterocycles. The van der Waals surface area contributed by atoms with Crippen LogP contribution in [0.5, 0.6) is 0 Å². The fraction of sp³-hybridized carbons (Fsp3) is 0.276. The Morgan fingerprint density at radius 3 is 2.35 bits per heavy atom. The van der Waals surface area contributed by atoms with Gasteiger partial charge < -0.3 is 14.6 Å². The standard InChI is InChI=1S/C29H26ClF3N2O2/c1-17-7-12-25-22(13-17)27(18-8-10-19(30)11-9-18)26(37-25)16-35(21-5-3-2-4-6-21)29(36)34-28-23(32)14-20(31)15-24(28)33/h7-15,21H,2-6,16H2,1H3,(H,34,36). The minimum Gasteiger partial charge on any atom is -0.459 e. The Kier molecular flexibility index (Phi) is 7.15. The van der Waals surface area contributed by atoms with Crippen LogP contribution < -0.4 is 5.32 Å². The molecule has 1 N–H and O–H groups in total. The minimum atomic E-state index is -1.17. The lowest BCUT2D eigenvalue weighted by Gasteiger charge is -2.34. The molecule has 192 valence electrons. The Labute approximate surface area is 218 Å². The van der Waals surface area contributed by atoms with E-state index in [-0.39, 0.29) is 12.6 Å². The van der Waals surface area contributed by atoms with Gasteiger partial charge in [0.05, 0.1) is 6.54 Å². The molecule has 3 aromatic carbocycles. The van der Waals surface area contributed by atoms with Crippen LogP contribution >= 0.6 is 11.6 Å². The van der Waals surface area contributed by atoms with E-state index in [0.717, 1.165) is 54.2 Å². The maximum Gasteiger partial charge on any atom is 0.322 e. The first-order chi connectivity index (χ1) is 17.8. The highest BCUT2D eigenvalue weighted by atomic mass is 35.5. The number of fused-ring (bicyclic) bond motifs is 1. The third-order valence-electron chi connectivity index (χ3n) is 6.88. The smallest absolute Gasteiger partial charge is 0.322 e. The number of hydrogen-bond donors (Lipinski definition) is 1. The number of furan rings is 1. The van der Waals surface area contributed by atoms with Crippen LogP contribution in [0.2, 0.25) is 5.02 Å². The van der Waals surface area contributed by atoms with Crippen LogP contribution in [0.4, 0.5) is 23.7 Å². The predicted octanol–water partition coefficient (Wildman–Crippen LogP) is 8.85. The first-order valence-electron chi connectivity index (χ1n) is 12.3. The van der Waals surface area contributed by atoms with E-state index in [9.17, 15) is 18.0 Å². The van der Waals surface area contributed by atoms with E-state index >= 15 is 0 Å². The Morgan fingerprint density at radius 1 is 1.00 bits per heavy atom. The second-order valence-corrected chi connectivity index (χ2v) is 9.94. The summed E-state index contributed by atoms with van der Waals surface area (Å²) in [5, 5.41) is 3.84. The van der Waals surface area contributed by atoms with Crippen LogP contribution in [0.25, 0.3) is 22.1 Å². The lowest BCUT2D eigenvalue weighted by Crippen LogP contribution is -2.43. The van der Waals surface area contributed by atoms with Crippen molar-refractivity contribution >= 4 is 34.3 Å². The van der Waals surface area contributed by atoms with Gasteiger partial charge in [0.2, 0.25) is 0 Å². The molecule has 37 heavy (non-hydrogen) atoms. The number of hydrogen-bond acceptors (Lipinski definition) is 2. The summed E-state index contributed by atoms with van der Waals surface area (Å²) in [7, 11) is 0. The number of anilines is 1. The average molecular weight is 527 g/mol. The molecule has 0 spiro atoms. The molecule has 0 bridgehead atoms. The van der Waals surface area contributed by atoms with E-state index in [2.05, 4.69) is 5.32 Å². The molecule has 8 heteroatoms. The van der Waals surface area contributed by atoms with E-state index in [0.29, 0.717) is 28.5 Å². The Hall–Kier alpha value is -3.45. The highest BCUT2D eigenvalue weighted by Crippen LogP contribution is 2.38. The van der Waals surface area contributed by atoms with Crippen molar-refractivity contribution in [1.29, 1.82) is 0 Å². The molecule has 1 saturated carbocycles. The first kappa shape index (κ1) is 25.2. The zero-order valence-electron chi connectivity index (χ0n) is 20.3. The van der Waals surface area contributed by atoms with E-state index in [1.54, 1.807) is 17.0 Å². The third-order valence-corrected chi connectivity index (χ3v) is 7.13. The van der Waals surface area contributed by atoms with Crippen LogP contribution in [-0.4, -0.2) is 17.0 Å². The first-order valence-corrected chi connectivity index (χ1v) is 12.7. The number of carbonyl (C=O) groups excluding carboxylic acids is 1. The molecule has 1 heterocycles. The summed E-state index contributed by atoms with van der Waals surface area (Å²) in [5.74, 6) is -2.84. The van der Waals surface area contributed by atoms with Crippen molar-refractivity contribution in [1.82, 2.24) is 4.90 Å². The summed E-state index contributed by atoms with van der Waals surface area (Å²) in [4.78, 5) is 15.1. The second kappa shape index (κ2) is 10.5. The quantitative estimate of drug-likeness (QED) is 0.282. The molecule has 0 unspecified atom stereocenters. The fourth-order valence-corrected chi connectivity index (χ4v) is 5.19. The molecule has 0 radical (unpaired) electrons. The Balaban J connectivity index is 1.56. The maximum atomic E-state index is 14.4. The van der Waals surface area contributed by atoms with Gasteiger partial charge in [0.1, 0.15) is 22.8 Å². The van der Waals surface area contributed by atoms with E-state index in [4.69, 9.17) is 16.0 Å². The zero-order valence-corrected chi connectivity index (χ0v) is 21.0. The predicted molar refractivity (Wildman–Crippen MR) is 139 cm³/mol.